The second kappa shape index (κ2) is 7.90. The number of benzene rings is 2. The van der Waals surface area contributed by atoms with E-state index in [9.17, 15) is 0 Å². The molecule has 0 saturated carbocycles. The van der Waals surface area contributed by atoms with Gasteiger partial charge < -0.3 is 4.42 Å². The number of para-hydroxylation sites is 1. The molecule has 5 aromatic rings. The summed E-state index contributed by atoms with van der Waals surface area (Å²) in [5.74, 6) is 0. The quantitative estimate of drug-likeness (QED) is 0.300. The normalized spacial score (nSPS) is 15.2. The van der Waals surface area contributed by atoms with E-state index in [0.717, 1.165) is 27.5 Å². The average molecular weight is 426 g/mol. The van der Waals surface area contributed by atoms with Crippen molar-refractivity contribution in [3.05, 3.63) is 95.3 Å². The number of furan rings is 1. The first kappa shape index (κ1) is 15.4. The molecule has 0 bridgehead atoms. The van der Waals surface area contributed by atoms with Gasteiger partial charge in [-0.05, 0) is 72.1 Å². The van der Waals surface area contributed by atoms with E-state index >= 15 is 0 Å². The van der Waals surface area contributed by atoms with Gasteiger partial charge in [-0.25, -0.2) is 4.98 Å². The maximum Gasteiger partial charge on any atom is 0.227 e. The first-order valence-electron chi connectivity index (χ1n) is 13.2. The third-order valence-corrected chi connectivity index (χ3v) is 5.71. The summed E-state index contributed by atoms with van der Waals surface area (Å²) in [7, 11) is 0. The van der Waals surface area contributed by atoms with Crippen LogP contribution >= 0.6 is 0 Å². The summed E-state index contributed by atoms with van der Waals surface area (Å²) in [6, 6.07) is 20.4. The summed E-state index contributed by atoms with van der Waals surface area (Å²) in [6.45, 7) is 4.10. The van der Waals surface area contributed by atoms with E-state index in [0.29, 0.717) is 16.8 Å². The topological polar surface area (TPSA) is 38.9 Å². The monoisotopic (exact) mass is 425 g/mol. The summed E-state index contributed by atoms with van der Waals surface area (Å²) in [5.41, 5.74) is 4.82. The Balaban J connectivity index is 1.50. The number of hydrogen-bond donors (Lipinski definition) is 0. The predicted octanol–water partition coefficient (Wildman–Crippen LogP) is 7.43. The lowest BCUT2D eigenvalue weighted by molar-refractivity contribution is 0.590. The van der Waals surface area contributed by atoms with Gasteiger partial charge in [0.1, 0.15) is 5.58 Å². The molecule has 0 radical (unpaired) electrons. The molecule has 5 rings (SSSR count). The lowest BCUT2D eigenvalue weighted by Crippen LogP contribution is -2.10. The zero-order chi connectivity index (χ0) is 26.6. The van der Waals surface area contributed by atoms with Gasteiger partial charge in [0.25, 0.3) is 0 Å². The molecule has 32 heavy (non-hydrogen) atoms. The number of aromatic nitrogens is 2. The molecular weight excluding hydrogens is 392 g/mol. The van der Waals surface area contributed by atoms with Crippen LogP contribution in [0, 0.1) is 6.85 Å². The highest BCUT2D eigenvalue weighted by atomic mass is 16.3. The number of pyridine rings is 2. The van der Waals surface area contributed by atoms with E-state index < -0.39 is 13.2 Å². The molecule has 3 nitrogen and oxygen atoms in total. The number of hydrogen-bond acceptors (Lipinski definition) is 3. The van der Waals surface area contributed by atoms with Crippen LogP contribution in [0.15, 0.2) is 77.3 Å². The fourth-order valence-electron chi connectivity index (χ4n) is 3.90. The van der Waals surface area contributed by atoms with E-state index in [1.165, 1.54) is 6.07 Å². The van der Waals surface area contributed by atoms with Crippen molar-refractivity contribution in [2.75, 3.05) is 0 Å². The number of nitrogens with zero attached hydrogens (tertiary/aromatic N) is 2. The predicted molar refractivity (Wildman–Crippen MR) is 132 cm³/mol. The first-order valence-corrected chi connectivity index (χ1v) is 10.7. The van der Waals surface area contributed by atoms with Crippen molar-refractivity contribution < 1.29 is 11.3 Å². The fraction of sp³-hybridized carbons (Fsp3) is 0.241. The largest absolute Gasteiger partial charge is 0.437 e. The van der Waals surface area contributed by atoms with Crippen LogP contribution in [0.5, 0.6) is 0 Å². The molecule has 0 aliphatic heterocycles. The molecule has 0 spiro atoms. The van der Waals surface area contributed by atoms with Crippen LogP contribution < -0.4 is 0 Å². The third kappa shape index (κ3) is 3.91. The minimum Gasteiger partial charge on any atom is -0.437 e. The molecule has 3 aromatic heterocycles. The minimum absolute atomic E-state index is 0.00670. The van der Waals surface area contributed by atoms with Crippen LogP contribution in [0.25, 0.3) is 33.3 Å². The van der Waals surface area contributed by atoms with Crippen LogP contribution in [-0.4, -0.2) is 9.97 Å². The number of fused-ring (bicyclic) bond motifs is 3. The molecule has 0 unspecified atom stereocenters. The van der Waals surface area contributed by atoms with Crippen molar-refractivity contribution in [2.24, 2.45) is 0 Å². The van der Waals surface area contributed by atoms with E-state index in [1.807, 2.05) is 54.6 Å². The molecule has 0 atom stereocenters. The standard InChI is InChI=1S/C29H28N2O/c1-19-8-15-24-23-6-5-7-25(27(23)32-28(24)31-19)26-18-21(16-17-30-26)10-9-20-11-13-22(14-12-20)29(2,3)4/h5-8,11-18H,9-10H2,1-4H3/i1D3,9D2. The Kier molecular flexibility index (Phi) is 3.79. The van der Waals surface area contributed by atoms with Gasteiger partial charge in [0.15, 0.2) is 0 Å². The van der Waals surface area contributed by atoms with Crippen molar-refractivity contribution in [3.63, 3.8) is 0 Å². The van der Waals surface area contributed by atoms with E-state index in [-0.39, 0.29) is 23.2 Å². The molecule has 3 heteroatoms. The molecule has 0 fully saturated rings. The van der Waals surface area contributed by atoms with Gasteiger partial charge >= 0.3 is 0 Å². The van der Waals surface area contributed by atoms with Crippen molar-refractivity contribution in [2.45, 2.75) is 45.8 Å². The summed E-state index contributed by atoms with van der Waals surface area (Å²) in [4.78, 5) is 8.78. The fourth-order valence-corrected chi connectivity index (χ4v) is 3.90. The molecule has 3 heterocycles. The molecule has 0 aliphatic carbocycles. The van der Waals surface area contributed by atoms with Crippen LogP contribution in [-0.2, 0) is 18.2 Å². The van der Waals surface area contributed by atoms with Gasteiger partial charge in [0, 0.05) is 35.1 Å². The van der Waals surface area contributed by atoms with Crippen molar-refractivity contribution in [3.8, 4) is 11.3 Å². The Morgan fingerprint density at radius 3 is 2.56 bits per heavy atom. The van der Waals surface area contributed by atoms with E-state index in [2.05, 4.69) is 30.7 Å². The number of rotatable bonds is 4. The zero-order valence-electron chi connectivity index (χ0n) is 23.4. The lowest BCUT2D eigenvalue weighted by atomic mass is 9.86. The summed E-state index contributed by atoms with van der Waals surface area (Å²) >= 11 is 0. The van der Waals surface area contributed by atoms with Gasteiger partial charge in [-0.3, -0.25) is 4.98 Å². The zero-order valence-corrected chi connectivity index (χ0v) is 18.4. The molecular formula is C29H28N2O. The molecule has 0 saturated heterocycles. The Morgan fingerprint density at radius 1 is 0.938 bits per heavy atom. The van der Waals surface area contributed by atoms with Crippen molar-refractivity contribution >= 4 is 22.1 Å². The van der Waals surface area contributed by atoms with Gasteiger partial charge in [0.2, 0.25) is 5.71 Å². The van der Waals surface area contributed by atoms with Gasteiger partial charge in [0.05, 0.1) is 5.69 Å². The van der Waals surface area contributed by atoms with E-state index in [1.54, 1.807) is 12.3 Å². The Morgan fingerprint density at radius 2 is 1.78 bits per heavy atom. The molecule has 160 valence electrons. The maximum absolute atomic E-state index is 8.75. The van der Waals surface area contributed by atoms with Crippen molar-refractivity contribution in [1.29, 1.82) is 0 Å². The van der Waals surface area contributed by atoms with E-state index in [4.69, 9.17) is 11.3 Å². The Bertz CT molecular complexity index is 1600. The number of aryl methyl sites for hydroxylation is 3. The molecule has 0 amide bonds. The van der Waals surface area contributed by atoms with Gasteiger partial charge in [-0.2, -0.15) is 0 Å². The first-order chi connectivity index (χ1) is 17.3. The molecule has 0 aliphatic rings. The smallest absolute Gasteiger partial charge is 0.227 e. The van der Waals surface area contributed by atoms with Crippen LogP contribution in [0.2, 0.25) is 0 Å². The van der Waals surface area contributed by atoms with Crippen LogP contribution in [0.1, 0.15) is 50.0 Å². The summed E-state index contributed by atoms with van der Waals surface area (Å²) in [6.07, 6.45) is 0.308. The molecule has 0 N–H and O–H groups in total. The van der Waals surface area contributed by atoms with Crippen LogP contribution in [0.3, 0.4) is 0 Å². The minimum atomic E-state index is -2.32. The van der Waals surface area contributed by atoms with Gasteiger partial charge in [-0.1, -0.05) is 57.2 Å². The third-order valence-electron chi connectivity index (χ3n) is 5.71. The average Bonchev–Trinajstić information content (AvgIpc) is 3.21. The highest BCUT2D eigenvalue weighted by molar-refractivity contribution is 6.08. The second-order valence-electron chi connectivity index (χ2n) is 9.06. The highest BCUT2D eigenvalue weighted by Crippen LogP contribution is 2.34. The van der Waals surface area contributed by atoms with Crippen LogP contribution in [0.4, 0.5) is 0 Å². The summed E-state index contributed by atoms with van der Waals surface area (Å²) < 4.78 is 46.5. The maximum atomic E-state index is 8.75. The highest BCUT2D eigenvalue weighted by Gasteiger charge is 2.15. The molecule has 2 aromatic carbocycles. The SMILES string of the molecule is [2H]C([2H])([2H])c1ccc2c(n1)oc1c(-c3cc(CC([2H])([2H])c4ccc(C(C)(C)C)cc4)ccn3)cccc12. The van der Waals surface area contributed by atoms with Crippen molar-refractivity contribution in [1.82, 2.24) is 9.97 Å². The lowest BCUT2D eigenvalue weighted by Gasteiger charge is -2.19. The van der Waals surface area contributed by atoms with Gasteiger partial charge in [-0.15, -0.1) is 0 Å². The Labute approximate surface area is 196 Å². The summed E-state index contributed by atoms with van der Waals surface area (Å²) in [5, 5.41) is 1.55. The second-order valence-corrected chi connectivity index (χ2v) is 9.06. The Hall–Kier alpha value is -3.46.